The molecule has 22 heavy (non-hydrogen) atoms. The number of sulfonamides is 1. The summed E-state index contributed by atoms with van der Waals surface area (Å²) in [6.45, 7) is 7.59. The fourth-order valence-corrected chi connectivity index (χ4v) is 6.27. The van der Waals surface area contributed by atoms with E-state index in [9.17, 15) is 13.2 Å². The number of rotatable bonds is 4. The van der Waals surface area contributed by atoms with Crippen LogP contribution in [0.25, 0.3) is 0 Å². The van der Waals surface area contributed by atoms with Crippen LogP contribution in [0.2, 0.25) is 0 Å². The van der Waals surface area contributed by atoms with Gasteiger partial charge in [-0.1, -0.05) is 19.1 Å². The number of hydrogen-bond acceptors (Lipinski definition) is 4. The molecular formula is C15H20N2O3S2. The van der Waals surface area contributed by atoms with E-state index < -0.39 is 15.4 Å². The zero-order valence-electron chi connectivity index (χ0n) is 12.6. The molecule has 0 bridgehead atoms. The van der Waals surface area contributed by atoms with Gasteiger partial charge in [-0.2, -0.15) is 4.31 Å². The molecular weight excluding hydrogens is 320 g/mol. The average Bonchev–Trinajstić information content (AvgIpc) is 3.17. The molecule has 5 nitrogen and oxygen atoms in total. The number of carbonyl (C=O) groups is 1. The molecule has 120 valence electrons. The van der Waals surface area contributed by atoms with Gasteiger partial charge in [0.1, 0.15) is 4.21 Å². The van der Waals surface area contributed by atoms with Gasteiger partial charge in [-0.05, 0) is 23.8 Å². The van der Waals surface area contributed by atoms with Crippen molar-refractivity contribution in [1.29, 1.82) is 0 Å². The van der Waals surface area contributed by atoms with Crippen molar-refractivity contribution in [1.82, 2.24) is 9.21 Å². The maximum Gasteiger partial charge on any atom is 0.252 e. The van der Waals surface area contributed by atoms with Crippen LogP contribution in [0.5, 0.6) is 0 Å². The zero-order valence-corrected chi connectivity index (χ0v) is 14.2. The van der Waals surface area contributed by atoms with Crippen LogP contribution in [-0.2, 0) is 14.8 Å². The summed E-state index contributed by atoms with van der Waals surface area (Å²) < 4.78 is 27.2. The van der Waals surface area contributed by atoms with E-state index >= 15 is 0 Å². The first-order valence-corrected chi connectivity index (χ1v) is 9.68. The molecule has 3 rings (SSSR count). The zero-order chi connectivity index (χ0) is 16.0. The van der Waals surface area contributed by atoms with E-state index in [0.717, 1.165) is 6.42 Å². The summed E-state index contributed by atoms with van der Waals surface area (Å²) in [6, 6.07) is 3.36. The average molecular weight is 340 g/mol. The van der Waals surface area contributed by atoms with Crippen molar-refractivity contribution in [2.45, 2.75) is 17.6 Å². The van der Waals surface area contributed by atoms with Gasteiger partial charge in [-0.25, -0.2) is 8.42 Å². The van der Waals surface area contributed by atoms with Crippen molar-refractivity contribution >= 4 is 27.3 Å². The lowest BCUT2D eigenvalue weighted by Crippen LogP contribution is -2.40. The lowest BCUT2D eigenvalue weighted by Gasteiger charge is -2.26. The van der Waals surface area contributed by atoms with Gasteiger partial charge in [-0.3, -0.25) is 4.79 Å². The van der Waals surface area contributed by atoms with Crippen molar-refractivity contribution in [3.63, 3.8) is 0 Å². The summed E-state index contributed by atoms with van der Waals surface area (Å²) in [6.07, 6.45) is 2.44. The predicted octanol–water partition coefficient (Wildman–Crippen LogP) is 1.79. The Bertz CT molecular complexity index is 684. The van der Waals surface area contributed by atoms with Crippen molar-refractivity contribution in [3.8, 4) is 0 Å². The summed E-state index contributed by atoms with van der Waals surface area (Å²) in [5, 5.41) is 1.76. The number of hydrogen-bond donors (Lipinski definition) is 0. The number of amides is 1. The lowest BCUT2D eigenvalue weighted by molar-refractivity contribution is -0.136. The van der Waals surface area contributed by atoms with Gasteiger partial charge in [0.2, 0.25) is 5.91 Å². The first kappa shape index (κ1) is 15.7. The second-order valence-corrected chi connectivity index (χ2v) is 9.19. The molecule has 3 heterocycles. The molecule has 2 fully saturated rings. The molecule has 2 saturated heterocycles. The third kappa shape index (κ3) is 2.23. The monoisotopic (exact) mass is 340 g/mol. The van der Waals surface area contributed by atoms with Crippen LogP contribution < -0.4 is 0 Å². The Hall–Kier alpha value is -1.18. The molecule has 0 saturated carbocycles. The molecule has 0 aliphatic carbocycles. The van der Waals surface area contributed by atoms with Crippen LogP contribution in [0.15, 0.2) is 34.4 Å². The van der Waals surface area contributed by atoms with Crippen LogP contribution in [-0.4, -0.2) is 49.7 Å². The normalized spacial score (nSPS) is 29.6. The van der Waals surface area contributed by atoms with Crippen molar-refractivity contribution < 1.29 is 13.2 Å². The summed E-state index contributed by atoms with van der Waals surface area (Å²) >= 11 is 1.22. The predicted molar refractivity (Wildman–Crippen MR) is 86.1 cm³/mol. The molecule has 1 aromatic heterocycles. The van der Waals surface area contributed by atoms with Gasteiger partial charge in [0.15, 0.2) is 0 Å². The number of thiophene rings is 1. The summed E-state index contributed by atoms with van der Waals surface area (Å²) in [5.41, 5.74) is -0.562. The number of nitrogens with zero attached hydrogens (tertiary/aromatic N) is 2. The fourth-order valence-electron chi connectivity index (χ4n) is 3.53. The Morgan fingerprint density at radius 3 is 2.95 bits per heavy atom. The SMILES string of the molecule is C=CCN1CC[C@]2(CN(S(=O)(=O)c3cccs3)C[C@H]2C)C1=O. The minimum Gasteiger partial charge on any atom is -0.338 e. The van der Waals surface area contributed by atoms with E-state index in [2.05, 4.69) is 6.58 Å². The molecule has 7 heteroatoms. The van der Waals surface area contributed by atoms with Crippen LogP contribution >= 0.6 is 11.3 Å². The quantitative estimate of drug-likeness (QED) is 0.785. The van der Waals surface area contributed by atoms with Gasteiger partial charge in [0.25, 0.3) is 10.0 Å². The van der Waals surface area contributed by atoms with Gasteiger partial charge >= 0.3 is 0 Å². The Kier molecular flexibility index (Phi) is 3.91. The van der Waals surface area contributed by atoms with Crippen LogP contribution in [0.4, 0.5) is 0 Å². The fraction of sp³-hybridized carbons (Fsp3) is 0.533. The van der Waals surface area contributed by atoms with Crippen LogP contribution in [0, 0.1) is 11.3 Å². The van der Waals surface area contributed by atoms with Crippen molar-refractivity contribution in [2.24, 2.45) is 11.3 Å². The van der Waals surface area contributed by atoms with Gasteiger partial charge in [-0.15, -0.1) is 17.9 Å². The standard InChI is InChI=1S/C15H20N2O3S2/c1-3-7-16-8-6-15(14(16)18)11-17(10-12(15)2)22(19,20)13-5-4-9-21-13/h3-5,9,12H,1,6-8,10-11H2,2H3/t12-,15-/m1/s1. The Morgan fingerprint density at radius 1 is 1.55 bits per heavy atom. The molecule has 1 amide bonds. The van der Waals surface area contributed by atoms with Crippen LogP contribution in [0.3, 0.4) is 0 Å². The lowest BCUT2D eigenvalue weighted by atomic mass is 9.78. The Morgan fingerprint density at radius 2 is 2.32 bits per heavy atom. The first-order chi connectivity index (χ1) is 10.4. The summed E-state index contributed by atoms with van der Waals surface area (Å²) in [4.78, 5) is 14.5. The Labute approximate surface area is 135 Å². The number of likely N-dealkylation sites (tertiary alicyclic amines) is 1. The highest BCUT2D eigenvalue weighted by molar-refractivity contribution is 7.91. The van der Waals surface area contributed by atoms with E-state index in [1.165, 1.54) is 15.6 Å². The summed E-state index contributed by atoms with van der Waals surface area (Å²) in [7, 11) is -3.48. The second kappa shape index (κ2) is 5.47. The first-order valence-electron chi connectivity index (χ1n) is 7.36. The molecule has 0 aromatic carbocycles. The van der Waals surface area contributed by atoms with E-state index in [1.807, 2.05) is 6.92 Å². The maximum absolute atomic E-state index is 12.7. The second-order valence-electron chi connectivity index (χ2n) is 6.08. The van der Waals surface area contributed by atoms with Gasteiger partial charge < -0.3 is 4.90 Å². The topological polar surface area (TPSA) is 57.7 Å². The van der Waals surface area contributed by atoms with Crippen LogP contribution in [0.1, 0.15) is 13.3 Å². The molecule has 2 aliphatic heterocycles. The maximum atomic E-state index is 12.7. The highest BCUT2D eigenvalue weighted by atomic mass is 32.2. The van der Waals surface area contributed by atoms with Gasteiger partial charge in [0.05, 0.1) is 5.41 Å². The molecule has 2 aliphatic rings. The largest absolute Gasteiger partial charge is 0.338 e. The highest BCUT2D eigenvalue weighted by Gasteiger charge is 2.56. The molecule has 0 unspecified atom stereocenters. The smallest absolute Gasteiger partial charge is 0.252 e. The highest BCUT2D eigenvalue weighted by Crippen LogP contribution is 2.46. The van der Waals surface area contributed by atoms with Crippen molar-refractivity contribution in [2.75, 3.05) is 26.2 Å². The summed E-state index contributed by atoms with van der Waals surface area (Å²) in [5.74, 6) is 0.105. The Balaban J connectivity index is 1.87. The molecule has 1 spiro atoms. The van der Waals surface area contributed by atoms with E-state index in [0.29, 0.717) is 30.4 Å². The van der Waals surface area contributed by atoms with Gasteiger partial charge in [0, 0.05) is 26.2 Å². The molecule has 2 atom stereocenters. The van der Waals surface area contributed by atoms with E-state index in [1.54, 1.807) is 28.5 Å². The minimum absolute atomic E-state index is 0.0320. The minimum atomic E-state index is -3.48. The van der Waals surface area contributed by atoms with E-state index in [4.69, 9.17) is 0 Å². The molecule has 1 aromatic rings. The van der Waals surface area contributed by atoms with E-state index in [-0.39, 0.29) is 11.8 Å². The number of carbonyl (C=O) groups excluding carboxylic acids is 1. The molecule has 0 N–H and O–H groups in total. The van der Waals surface area contributed by atoms with Crippen molar-refractivity contribution in [3.05, 3.63) is 30.2 Å². The third-order valence-corrected chi connectivity index (χ3v) is 8.04. The molecule has 0 radical (unpaired) electrons. The third-order valence-electron chi connectivity index (χ3n) is 4.86.